The Bertz CT molecular complexity index is 1400. The van der Waals surface area contributed by atoms with Crippen LogP contribution in [0.4, 0.5) is 5.69 Å². The van der Waals surface area contributed by atoms with Crippen LogP contribution in [0.2, 0.25) is 0 Å². The first-order valence-electron chi connectivity index (χ1n) is 11.7. The molecule has 0 unspecified atom stereocenters. The second kappa shape index (κ2) is 9.12. The largest absolute Gasteiger partial charge is 0.454 e. The van der Waals surface area contributed by atoms with E-state index in [0.717, 1.165) is 11.1 Å². The molecule has 10 heteroatoms. The number of nitrogens with one attached hydrogen (secondary N) is 1. The van der Waals surface area contributed by atoms with Crippen LogP contribution in [0.1, 0.15) is 27.7 Å². The van der Waals surface area contributed by atoms with Crippen LogP contribution in [0, 0.1) is 0 Å². The van der Waals surface area contributed by atoms with Crippen LogP contribution in [0.25, 0.3) is 0 Å². The SMILES string of the molecule is O=C1c2ccccc2[C@H](Nc2ccc(S(=O)(=O)N3CCOCC3)cc2)N1Cc1ccc2c(c1)OCO2. The summed E-state index contributed by atoms with van der Waals surface area (Å²) in [5, 5.41) is 3.43. The van der Waals surface area contributed by atoms with Crippen molar-refractivity contribution < 1.29 is 27.4 Å². The number of fused-ring (bicyclic) bond motifs is 2. The topological polar surface area (TPSA) is 97.4 Å². The number of sulfonamides is 1. The highest BCUT2D eigenvalue weighted by atomic mass is 32.2. The molecule has 9 nitrogen and oxygen atoms in total. The van der Waals surface area contributed by atoms with Gasteiger partial charge >= 0.3 is 0 Å². The number of morpholine rings is 1. The third-order valence-electron chi connectivity index (χ3n) is 6.61. The fraction of sp³-hybridized carbons (Fsp3) is 0.269. The summed E-state index contributed by atoms with van der Waals surface area (Å²) in [6, 6.07) is 19.8. The molecular formula is C26H25N3O6S. The molecule has 1 atom stereocenters. The van der Waals surface area contributed by atoms with Crippen molar-refractivity contribution in [2.45, 2.75) is 17.6 Å². The van der Waals surface area contributed by atoms with Crippen molar-refractivity contribution in [3.8, 4) is 11.5 Å². The van der Waals surface area contributed by atoms with Gasteiger partial charge in [-0.2, -0.15) is 4.31 Å². The van der Waals surface area contributed by atoms with Gasteiger partial charge < -0.3 is 24.4 Å². The Labute approximate surface area is 209 Å². The number of carbonyl (C=O) groups excluding carboxylic acids is 1. The van der Waals surface area contributed by atoms with Crippen molar-refractivity contribution in [1.82, 2.24) is 9.21 Å². The monoisotopic (exact) mass is 507 g/mol. The van der Waals surface area contributed by atoms with Gasteiger partial charge in [0.25, 0.3) is 5.91 Å². The van der Waals surface area contributed by atoms with E-state index in [4.69, 9.17) is 14.2 Å². The summed E-state index contributed by atoms with van der Waals surface area (Å²) in [6.45, 7) is 2.04. The summed E-state index contributed by atoms with van der Waals surface area (Å²) in [5.41, 5.74) is 3.13. The molecule has 6 rings (SSSR count). The first-order valence-corrected chi connectivity index (χ1v) is 13.2. The van der Waals surface area contributed by atoms with Crippen LogP contribution >= 0.6 is 0 Å². The second-order valence-electron chi connectivity index (χ2n) is 8.80. The lowest BCUT2D eigenvalue weighted by Crippen LogP contribution is -2.40. The number of carbonyl (C=O) groups is 1. The molecule has 0 saturated carbocycles. The smallest absolute Gasteiger partial charge is 0.256 e. The van der Waals surface area contributed by atoms with E-state index < -0.39 is 16.2 Å². The summed E-state index contributed by atoms with van der Waals surface area (Å²) in [6.07, 6.45) is -0.416. The molecule has 3 aromatic carbocycles. The van der Waals surface area contributed by atoms with Gasteiger partial charge in [-0.25, -0.2) is 8.42 Å². The quantitative estimate of drug-likeness (QED) is 0.547. The van der Waals surface area contributed by atoms with E-state index in [1.54, 1.807) is 29.2 Å². The van der Waals surface area contributed by atoms with Crippen molar-refractivity contribution in [2.24, 2.45) is 0 Å². The minimum atomic E-state index is -3.58. The lowest BCUT2D eigenvalue weighted by Gasteiger charge is -2.28. The van der Waals surface area contributed by atoms with Crippen LogP contribution < -0.4 is 14.8 Å². The molecule has 36 heavy (non-hydrogen) atoms. The molecule has 1 saturated heterocycles. The van der Waals surface area contributed by atoms with Crippen LogP contribution in [0.3, 0.4) is 0 Å². The van der Waals surface area contributed by atoms with Crippen molar-refractivity contribution in [3.63, 3.8) is 0 Å². The zero-order valence-corrected chi connectivity index (χ0v) is 20.2. The van der Waals surface area contributed by atoms with E-state index in [-0.39, 0.29) is 17.6 Å². The van der Waals surface area contributed by atoms with Crippen molar-refractivity contribution in [2.75, 3.05) is 38.4 Å². The van der Waals surface area contributed by atoms with Gasteiger partial charge in [-0.3, -0.25) is 4.79 Å². The highest BCUT2D eigenvalue weighted by Gasteiger charge is 2.37. The van der Waals surface area contributed by atoms with Crippen LogP contribution in [-0.2, 0) is 21.3 Å². The summed E-state index contributed by atoms with van der Waals surface area (Å²) < 4.78 is 43.5. The fourth-order valence-corrected chi connectivity index (χ4v) is 6.15. The summed E-state index contributed by atoms with van der Waals surface area (Å²) >= 11 is 0. The van der Waals surface area contributed by atoms with E-state index in [2.05, 4.69) is 5.32 Å². The summed E-state index contributed by atoms with van der Waals surface area (Å²) in [7, 11) is -3.58. The van der Waals surface area contributed by atoms with Crippen molar-refractivity contribution in [1.29, 1.82) is 0 Å². The van der Waals surface area contributed by atoms with E-state index in [1.165, 1.54) is 4.31 Å². The maximum Gasteiger partial charge on any atom is 0.256 e. The lowest BCUT2D eigenvalue weighted by atomic mass is 10.1. The predicted octanol–water partition coefficient (Wildman–Crippen LogP) is 3.20. The number of rotatable bonds is 6. The van der Waals surface area contributed by atoms with Crippen LogP contribution in [0.5, 0.6) is 11.5 Å². The molecule has 1 amide bonds. The zero-order chi connectivity index (χ0) is 24.7. The molecule has 0 aromatic heterocycles. The van der Waals surface area contributed by atoms with E-state index in [1.807, 2.05) is 42.5 Å². The third-order valence-corrected chi connectivity index (χ3v) is 8.53. The second-order valence-corrected chi connectivity index (χ2v) is 10.7. The van der Waals surface area contributed by atoms with E-state index >= 15 is 0 Å². The first-order chi connectivity index (χ1) is 17.5. The molecule has 1 N–H and O–H groups in total. The third kappa shape index (κ3) is 4.06. The number of hydrogen-bond acceptors (Lipinski definition) is 7. The summed E-state index contributed by atoms with van der Waals surface area (Å²) in [5.74, 6) is 1.28. The molecule has 3 aliphatic heterocycles. The maximum absolute atomic E-state index is 13.3. The van der Waals surface area contributed by atoms with E-state index in [9.17, 15) is 13.2 Å². The number of amides is 1. The molecule has 3 aliphatic rings. The normalized spacial score (nSPS) is 19.4. The Morgan fingerprint density at radius 2 is 1.67 bits per heavy atom. The van der Waals surface area contributed by atoms with Gasteiger partial charge in [-0.15, -0.1) is 0 Å². The van der Waals surface area contributed by atoms with Crippen LogP contribution in [-0.4, -0.2) is 56.6 Å². The maximum atomic E-state index is 13.3. The minimum Gasteiger partial charge on any atom is -0.454 e. The average Bonchev–Trinajstić information content (AvgIpc) is 3.48. The van der Waals surface area contributed by atoms with Gasteiger partial charge in [0.15, 0.2) is 11.5 Å². The van der Waals surface area contributed by atoms with Crippen molar-refractivity contribution in [3.05, 3.63) is 83.4 Å². The Morgan fingerprint density at radius 3 is 2.47 bits per heavy atom. The van der Waals surface area contributed by atoms with Gasteiger partial charge in [0.2, 0.25) is 16.8 Å². The highest BCUT2D eigenvalue weighted by molar-refractivity contribution is 7.89. The molecule has 3 aromatic rings. The van der Waals surface area contributed by atoms with Gasteiger partial charge in [-0.05, 0) is 48.0 Å². The predicted molar refractivity (Wildman–Crippen MR) is 131 cm³/mol. The average molecular weight is 508 g/mol. The number of ether oxygens (including phenoxy) is 3. The van der Waals surface area contributed by atoms with Gasteiger partial charge in [0.1, 0.15) is 6.17 Å². The Hall–Kier alpha value is -3.60. The number of nitrogens with zero attached hydrogens (tertiary/aromatic N) is 2. The Morgan fingerprint density at radius 1 is 0.917 bits per heavy atom. The minimum absolute atomic E-state index is 0.0766. The number of hydrogen-bond donors (Lipinski definition) is 1. The fourth-order valence-electron chi connectivity index (χ4n) is 4.74. The molecule has 3 heterocycles. The van der Waals surface area contributed by atoms with Gasteiger partial charge in [0, 0.05) is 36.4 Å². The number of benzene rings is 3. The van der Waals surface area contributed by atoms with Crippen LogP contribution in [0.15, 0.2) is 71.6 Å². The van der Waals surface area contributed by atoms with Crippen molar-refractivity contribution >= 4 is 21.6 Å². The highest BCUT2D eigenvalue weighted by Crippen LogP contribution is 2.38. The van der Waals surface area contributed by atoms with Gasteiger partial charge in [-0.1, -0.05) is 24.3 Å². The van der Waals surface area contributed by atoms with Gasteiger partial charge in [0.05, 0.1) is 18.1 Å². The number of anilines is 1. The zero-order valence-electron chi connectivity index (χ0n) is 19.4. The Kier molecular flexibility index (Phi) is 5.79. The first kappa shape index (κ1) is 22.8. The van der Waals surface area contributed by atoms with E-state index in [0.29, 0.717) is 55.6 Å². The summed E-state index contributed by atoms with van der Waals surface area (Å²) in [4.78, 5) is 15.3. The molecule has 186 valence electrons. The molecular weight excluding hydrogens is 482 g/mol. The molecule has 0 radical (unpaired) electrons. The molecule has 0 bridgehead atoms. The lowest BCUT2D eigenvalue weighted by molar-refractivity contribution is 0.0728. The Balaban J connectivity index is 1.26. The molecule has 0 aliphatic carbocycles. The standard InChI is InChI=1S/C26H25N3O6S/c30-26-22-4-2-1-3-21(22)25(29(26)16-18-5-10-23-24(15-18)35-17-34-23)27-19-6-8-20(9-7-19)36(31,32)28-11-13-33-14-12-28/h1-10,15,25,27H,11-14,16-17H2/t25-/m1/s1. The molecule has 0 spiro atoms. The molecule has 1 fully saturated rings.